The molecule has 90 valence electrons. The van der Waals surface area contributed by atoms with Gasteiger partial charge < -0.3 is 4.74 Å². The lowest BCUT2D eigenvalue weighted by molar-refractivity contribution is -0.0502. The number of alkyl halides is 2. The van der Waals surface area contributed by atoms with Crippen LogP contribution in [0.15, 0.2) is 17.0 Å². The van der Waals surface area contributed by atoms with Gasteiger partial charge in [-0.15, -0.1) is 0 Å². The maximum atomic E-state index is 13.0. The molecule has 0 radical (unpaired) electrons. The summed E-state index contributed by atoms with van der Waals surface area (Å²) in [6, 6.07) is 0.601. The van der Waals surface area contributed by atoms with E-state index in [0.29, 0.717) is 12.1 Å². The topological polar surface area (TPSA) is 69.4 Å². The fourth-order valence-electron chi connectivity index (χ4n) is 0.979. The van der Waals surface area contributed by atoms with Crippen LogP contribution >= 0.6 is 0 Å². The molecule has 0 aliphatic rings. The molecule has 0 unspecified atom stereocenters. The van der Waals surface area contributed by atoms with E-state index in [4.69, 9.17) is 0 Å². The summed E-state index contributed by atoms with van der Waals surface area (Å²) in [5.74, 6) is -4.03. The van der Waals surface area contributed by atoms with E-state index < -0.39 is 38.9 Å². The second-order valence-electron chi connectivity index (χ2n) is 2.64. The molecule has 2 N–H and O–H groups in total. The van der Waals surface area contributed by atoms with Gasteiger partial charge in [0.15, 0.2) is 4.90 Å². The first-order valence-corrected chi connectivity index (χ1v) is 5.23. The van der Waals surface area contributed by atoms with Gasteiger partial charge in [-0.1, -0.05) is 0 Å². The highest BCUT2D eigenvalue weighted by Crippen LogP contribution is 2.24. The van der Waals surface area contributed by atoms with E-state index in [1.165, 1.54) is 0 Å². The Morgan fingerprint density at radius 3 is 1.94 bits per heavy atom. The van der Waals surface area contributed by atoms with Gasteiger partial charge in [-0.2, -0.15) is 8.78 Å². The van der Waals surface area contributed by atoms with Crippen molar-refractivity contribution in [3.63, 3.8) is 0 Å². The smallest absolute Gasteiger partial charge is 0.387 e. The van der Waals surface area contributed by atoms with E-state index in [0.717, 1.165) is 0 Å². The summed E-state index contributed by atoms with van der Waals surface area (Å²) >= 11 is 0. The molecule has 16 heavy (non-hydrogen) atoms. The molecule has 1 rings (SSSR count). The number of ether oxygens (including phenoxy) is 1. The Morgan fingerprint density at radius 2 is 1.62 bits per heavy atom. The third kappa shape index (κ3) is 2.83. The molecule has 0 spiro atoms. The van der Waals surface area contributed by atoms with Crippen LogP contribution in [0.5, 0.6) is 5.75 Å². The number of primary sulfonamides is 1. The minimum absolute atomic E-state index is 0.301. The van der Waals surface area contributed by atoms with Crippen LogP contribution in [0, 0.1) is 11.6 Å². The predicted octanol–water partition coefficient (Wildman–Crippen LogP) is 1.21. The first-order valence-electron chi connectivity index (χ1n) is 3.68. The maximum absolute atomic E-state index is 13.0. The zero-order valence-corrected chi connectivity index (χ0v) is 8.27. The van der Waals surface area contributed by atoms with Crippen LogP contribution in [0.2, 0.25) is 0 Å². The zero-order valence-electron chi connectivity index (χ0n) is 7.45. The predicted molar refractivity (Wildman–Crippen MR) is 44.4 cm³/mol. The molecule has 1 aromatic rings. The summed E-state index contributed by atoms with van der Waals surface area (Å²) in [6.07, 6.45) is 0. The number of hydrogen-bond acceptors (Lipinski definition) is 3. The van der Waals surface area contributed by atoms with Crippen LogP contribution in [0.1, 0.15) is 0 Å². The number of rotatable bonds is 3. The largest absolute Gasteiger partial charge is 0.435 e. The van der Waals surface area contributed by atoms with Gasteiger partial charge in [-0.05, 0) is 0 Å². The van der Waals surface area contributed by atoms with Crippen LogP contribution in [-0.4, -0.2) is 15.0 Å². The second kappa shape index (κ2) is 4.26. The molecule has 0 aromatic heterocycles. The number of sulfonamides is 1. The van der Waals surface area contributed by atoms with E-state index in [1.807, 2.05) is 0 Å². The Morgan fingerprint density at radius 1 is 1.19 bits per heavy atom. The van der Waals surface area contributed by atoms with Crippen LogP contribution in [-0.2, 0) is 10.0 Å². The summed E-state index contributed by atoms with van der Waals surface area (Å²) in [7, 11) is -4.60. The highest BCUT2D eigenvalue weighted by Gasteiger charge is 2.22. The van der Waals surface area contributed by atoms with Gasteiger partial charge in [-0.3, -0.25) is 0 Å². The summed E-state index contributed by atoms with van der Waals surface area (Å²) in [5, 5.41) is 4.51. The molecule has 0 aliphatic heterocycles. The molecule has 0 atom stereocenters. The molecule has 0 heterocycles. The number of benzene rings is 1. The second-order valence-corrected chi connectivity index (χ2v) is 4.14. The van der Waals surface area contributed by atoms with Gasteiger partial charge in [0.05, 0.1) is 0 Å². The normalized spacial score (nSPS) is 11.9. The Labute approximate surface area is 87.7 Å². The highest BCUT2D eigenvalue weighted by molar-refractivity contribution is 7.89. The lowest BCUT2D eigenvalue weighted by atomic mass is 10.3. The van der Waals surface area contributed by atoms with Crippen LogP contribution < -0.4 is 9.88 Å². The summed E-state index contributed by atoms with van der Waals surface area (Å²) in [5.41, 5.74) is 0. The van der Waals surface area contributed by atoms with Gasteiger partial charge >= 0.3 is 6.61 Å². The molecule has 1 aromatic carbocycles. The Hall–Kier alpha value is -1.35. The van der Waals surface area contributed by atoms with Crippen molar-refractivity contribution in [3.8, 4) is 5.75 Å². The number of halogens is 4. The molecule has 0 saturated heterocycles. The molecule has 0 fully saturated rings. The SMILES string of the molecule is NS(=O)(=O)c1c(F)cc(OC(F)F)cc1F. The van der Waals surface area contributed by atoms with Crippen LogP contribution in [0.3, 0.4) is 0 Å². The third-order valence-corrected chi connectivity index (χ3v) is 2.44. The zero-order chi connectivity index (χ0) is 12.5. The maximum Gasteiger partial charge on any atom is 0.387 e. The fourth-order valence-corrected chi connectivity index (χ4v) is 1.64. The van der Waals surface area contributed by atoms with Gasteiger partial charge in [-0.25, -0.2) is 22.3 Å². The first kappa shape index (κ1) is 12.7. The molecule has 4 nitrogen and oxygen atoms in total. The molecule has 0 amide bonds. The van der Waals surface area contributed by atoms with E-state index in [9.17, 15) is 26.0 Å². The van der Waals surface area contributed by atoms with E-state index in [2.05, 4.69) is 9.88 Å². The van der Waals surface area contributed by atoms with Crippen molar-refractivity contribution in [2.75, 3.05) is 0 Å². The molecule has 0 bridgehead atoms. The average molecular weight is 259 g/mol. The van der Waals surface area contributed by atoms with Gasteiger partial charge in [0.1, 0.15) is 17.4 Å². The molecule has 9 heteroatoms. The standard InChI is InChI=1S/C7H5F4NO3S/c8-4-1-3(15-7(10)11)2-5(9)6(4)16(12,13)14/h1-2,7H,(H2,12,13,14). The minimum atomic E-state index is -4.60. The van der Waals surface area contributed by atoms with Crippen molar-refractivity contribution >= 4 is 10.0 Å². The van der Waals surface area contributed by atoms with E-state index in [-0.39, 0.29) is 0 Å². The highest BCUT2D eigenvalue weighted by atomic mass is 32.2. The monoisotopic (exact) mass is 259 g/mol. The van der Waals surface area contributed by atoms with Crippen LogP contribution in [0.25, 0.3) is 0 Å². The molecule has 0 saturated carbocycles. The van der Waals surface area contributed by atoms with Crippen molar-refractivity contribution in [2.45, 2.75) is 11.5 Å². The van der Waals surface area contributed by atoms with Gasteiger partial charge in [0, 0.05) is 12.1 Å². The molecular weight excluding hydrogens is 254 g/mol. The molecular formula is C7H5F4NO3S. The lowest BCUT2D eigenvalue weighted by Gasteiger charge is -2.07. The third-order valence-electron chi connectivity index (χ3n) is 1.48. The Bertz CT molecular complexity index is 479. The van der Waals surface area contributed by atoms with Crippen molar-refractivity contribution in [1.82, 2.24) is 0 Å². The summed E-state index contributed by atoms with van der Waals surface area (Å²) < 4.78 is 74.6. The van der Waals surface area contributed by atoms with E-state index in [1.54, 1.807) is 0 Å². The van der Waals surface area contributed by atoms with Crippen LogP contribution in [0.4, 0.5) is 17.6 Å². The average Bonchev–Trinajstić information content (AvgIpc) is 1.96. The number of hydrogen-bond donors (Lipinski definition) is 1. The van der Waals surface area contributed by atoms with Crippen molar-refractivity contribution in [2.24, 2.45) is 5.14 Å². The first-order chi connectivity index (χ1) is 7.21. The lowest BCUT2D eigenvalue weighted by Crippen LogP contribution is -2.16. The van der Waals surface area contributed by atoms with Crippen molar-refractivity contribution in [3.05, 3.63) is 23.8 Å². The Balaban J connectivity index is 3.29. The quantitative estimate of drug-likeness (QED) is 0.829. The number of nitrogens with two attached hydrogens (primary N) is 1. The summed E-state index contributed by atoms with van der Waals surface area (Å²) in [4.78, 5) is -1.39. The summed E-state index contributed by atoms with van der Waals surface area (Å²) in [6.45, 7) is -3.28. The van der Waals surface area contributed by atoms with E-state index >= 15 is 0 Å². The fraction of sp³-hybridized carbons (Fsp3) is 0.143. The van der Waals surface area contributed by atoms with Gasteiger partial charge in [0.25, 0.3) is 0 Å². The Kier molecular flexibility index (Phi) is 3.38. The minimum Gasteiger partial charge on any atom is -0.435 e. The van der Waals surface area contributed by atoms with Crippen molar-refractivity contribution < 1.29 is 30.7 Å². The van der Waals surface area contributed by atoms with Crippen molar-refractivity contribution in [1.29, 1.82) is 0 Å². The molecule has 0 aliphatic carbocycles. The van der Waals surface area contributed by atoms with Gasteiger partial charge in [0.2, 0.25) is 10.0 Å².